The van der Waals surface area contributed by atoms with Crippen LogP contribution in [0, 0.1) is 0 Å². The maximum absolute atomic E-state index is 12.2. The topological polar surface area (TPSA) is 65.1 Å². The Morgan fingerprint density at radius 3 is 2.50 bits per heavy atom. The number of esters is 1. The SMILES string of the molecule is CC(C)(C)OC(=O)N1C(OC(=O)CCS)COC1(C)C. The monoisotopic (exact) mass is 305 g/mol. The first kappa shape index (κ1) is 17.1. The minimum atomic E-state index is -0.881. The van der Waals surface area contributed by atoms with Crippen molar-refractivity contribution in [3.05, 3.63) is 0 Å². The lowest BCUT2D eigenvalue weighted by Crippen LogP contribution is -2.51. The molecule has 0 radical (unpaired) electrons. The Morgan fingerprint density at radius 2 is 2.00 bits per heavy atom. The second-order valence-corrected chi connectivity index (χ2v) is 6.47. The van der Waals surface area contributed by atoms with Gasteiger partial charge in [0, 0.05) is 5.75 Å². The lowest BCUT2D eigenvalue weighted by Gasteiger charge is -2.34. The molecule has 0 bridgehead atoms. The number of hydrogen-bond donors (Lipinski definition) is 1. The Labute approximate surface area is 125 Å². The Morgan fingerprint density at radius 1 is 1.40 bits per heavy atom. The van der Waals surface area contributed by atoms with Gasteiger partial charge in [0.25, 0.3) is 0 Å². The summed E-state index contributed by atoms with van der Waals surface area (Å²) in [4.78, 5) is 25.1. The molecule has 0 aromatic heterocycles. The van der Waals surface area contributed by atoms with Crippen LogP contribution in [0.15, 0.2) is 0 Å². The molecular formula is C13H23NO5S. The smallest absolute Gasteiger partial charge is 0.415 e. The number of thiol groups is 1. The number of hydrogen-bond acceptors (Lipinski definition) is 6. The van der Waals surface area contributed by atoms with E-state index < -0.39 is 29.6 Å². The van der Waals surface area contributed by atoms with Gasteiger partial charge in [-0.2, -0.15) is 12.6 Å². The molecule has 1 atom stereocenters. The van der Waals surface area contributed by atoms with Crippen molar-refractivity contribution < 1.29 is 23.8 Å². The lowest BCUT2D eigenvalue weighted by molar-refractivity contribution is -0.156. The van der Waals surface area contributed by atoms with Gasteiger partial charge in [-0.25, -0.2) is 9.69 Å². The van der Waals surface area contributed by atoms with Crippen LogP contribution in [0.3, 0.4) is 0 Å². The van der Waals surface area contributed by atoms with E-state index in [0.29, 0.717) is 5.75 Å². The molecule has 6 nitrogen and oxygen atoms in total. The van der Waals surface area contributed by atoms with Crippen LogP contribution in [0.2, 0.25) is 0 Å². The largest absolute Gasteiger partial charge is 0.444 e. The normalized spacial score (nSPS) is 21.7. The summed E-state index contributed by atoms with van der Waals surface area (Å²) in [5.41, 5.74) is -1.51. The molecule has 1 heterocycles. The molecule has 1 amide bonds. The van der Waals surface area contributed by atoms with Crippen LogP contribution in [0.5, 0.6) is 0 Å². The van der Waals surface area contributed by atoms with E-state index in [9.17, 15) is 9.59 Å². The molecule has 0 spiro atoms. The van der Waals surface area contributed by atoms with Crippen molar-refractivity contribution in [1.82, 2.24) is 4.90 Å². The van der Waals surface area contributed by atoms with E-state index in [1.807, 2.05) is 0 Å². The highest BCUT2D eigenvalue weighted by Crippen LogP contribution is 2.30. The first-order chi connectivity index (χ1) is 9.07. The highest BCUT2D eigenvalue weighted by molar-refractivity contribution is 7.80. The Kier molecular flexibility index (Phi) is 5.32. The summed E-state index contributed by atoms with van der Waals surface area (Å²) >= 11 is 3.97. The molecule has 1 aliphatic heterocycles. The number of nitrogens with zero attached hydrogens (tertiary/aromatic N) is 1. The molecule has 116 valence electrons. The third-order valence-corrected chi connectivity index (χ3v) is 2.84. The molecule has 7 heteroatoms. The van der Waals surface area contributed by atoms with Crippen molar-refractivity contribution in [1.29, 1.82) is 0 Å². The van der Waals surface area contributed by atoms with Gasteiger partial charge in [0.1, 0.15) is 17.9 Å². The molecule has 0 N–H and O–H groups in total. The number of carbonyl (C=O) groups excluding carboxylic acids is 2. The van der Waals surface area contributed by atoms with E-state index >= 15 is 0 Å². The maximum atomic E-state index is 12.2. The molecule has 1 fully saturated rings. The van der Waals surface area contributed by atoms with Crippen molar-refractivity contribution in [2.75, 3.05) is 12.4 Å². The van der Waals surface area contributed by atoms with Crippen LogP contribution in [-0.4, -0.2) is 46.9 Å². The van der Waals surface area contributed by atoms with Crippen LogP contribution in [0.25, 0.3) is 0 Å². The van der Waals surface area contributed by atoms with Crippen LogP contribution >= 0.6 is 12.6 Å². The standard InChI is InChI=1S/C13H23NO5S/c1-12(2,3)19-11(16)14-9(8-17-13(14,4)5)18-10(15)6-7-20/h9,20H,6-8H2,1-5H3. The summed E-state index contributed by atoms with van der Waals surface area (Å²) in [5, 5.41) is 0. The first-order valence-electron chi connectivity index (χ1n) is 6.53. The summed E-state index contributed by atoms with van der Waals surface area (Å²) in [7, 11) is 0. The minimum absolute atomic E-state index is 0.130. The van der Waals surface area contributed by atoms with Crippen LogP contribution in [0.4, 0.5) is 4.79 Å². The van der Waals surface area contributed by atoms with Gasteiger partial charge >= 0.3 is 12.1 Å². The van der Waals surface area contributed by atoms with E-state index in [-0.39, 0.29) is 13.0 Å². The minimum Gasteiger partial charge on any atom is -0.444 e. The number of amides is 1. The van der Waals surface area contributed by atoms with Crippen molar-refractivity contribution in [2.45, 2.75) is 58.6 Å². The molecule has 0 aliphatic carbocycles. The fourth-order valence-electron chi connectivity index (χ4n) is 1.80. The Balaban J connectivity index is 2.80. The molecule has 1 saturated heterocycles. The second-order valence-electron chi connectivity index (χ2n) is 6.03. The van der Waals surface area contributed by atoms with Crippen molar-refractivity contribution in [3.8, 4) is 0 Å². The zero-order valence-electron chi connectivity index (χ0n) is 12.6. The van der Waals surface area contributed by atoms with Gasteiger partial charge in [0.2, 0.25) is 6.23 Å². The number of ether oxygens (including phenoxy) is 3. The summed E-state index contributed by atoms with van der Waals surface area (Å²) in [6.45, 7) is 8.90. The second kappa shape index (κ2) is 6.22. The lowest BCUT2D eigenvalue weighted by atomic mass is 10.2. The van der Waals surface area contributed by atoms with Crippen LogP contribution in [-0.2, 0) is 19.0 Å². The van der Waals surface area contributed by atoms with Gasteiger partial charge < -0.3 is 14.2 Å². The summed E-state index contributed by atoms with van der Waals surface area (Å²) < 4.78 is 16.1. The van der Waals surface area contributed by atoms with Crippen LogP contribution in [0.1, 0.15) is 41.0 Å². The zero-order chi connectivity index (χ0) is 15.6. The number of carbonyl (C=O) groups is 2. The fourth-order valence-corrected chi connectivity index (χ4v) is 1.99. The Bertz CT molecular complexity index is 377. The fraction of sp³-hybridized carbons (Fsp3) is 0.846. The highest BCUT2D eigenvalue weighted by atomic mass is 32.1. The van der Waals surface area contributed by atoms with E-state index in [1.165, 1.54) is 4.90 Å². The molecular weight excluding hydrogens is 282 g/mol. The molecule has 0 saturated carbocycles. The van der Waals surface area contributed by atoms with E-state index in [0.717, 1.165) is 0 Å². The predicted octanol–water partition coefficient (Wildman–Crippen LogP) is 2.18. The quantitative estimate of drug-likeness (QED) is 0.639. The zero-order valence-corrected chi connectivity index (χ0v) is 13.5. The maximum Gasteiger partial charge on any atom is 0.415 e. The number of rotatable bonds is 3. The van der Waals surface area contributed by atoms with E-state index in [1.54, 1.807) is 34.6 Å². The van der Waals surface area contributed by atoms with Gasteiger partial charge in [-0.15, -0.1) is 0 Å². The third-order valence-electron chi connectivity index (χ3n) is 2.62. The molecule has 20 heavy (non-hydrogen) atoms. The van der Waals surface area contributed by atoms with Crippen molar-refractivity contribution in [2.24, 2.45) is 0 Å². The van der Waals surface area contributed by atoms with Gasteiger partial charge in [-0.1, -0.05) is 0 Å². The molecule has 0 aromatic carbocycles. The first-order valence-corrected chi connectivity index (χ1v) is 7.17. The molecule has 1 rings (SSSR count). The molecule has 1 aliphatic rings. The molecule has 0 aromatic rings. The van der Waals surface area contributed by atoms with Crippen molar-refractivity contribution in [3.63, 3.8) is 0 Å². The van der Waals surface area contributed by atoms with E-state index in [2.05, 4.69) is 12.6 Å². The van der Waals surface area contributed by atoms with Gasteiger partial charge in [0.05, 0.1) is 6.42 Å². The van der Waals surface area contributed by atoms with Crippen LogP contribution < -0.4 is 0 Å². The molecule has 1 unspecified atom stereocenters. The highest BCUT2D eigenvalue weighted by Gasteiger charge is 2.47. The average Bonchev–Trinajstić information content (AvgIpc) is 2.51. The van der Waals surface area contributed by atoms with Gasteiger partial charge in [0.15, 0.2) is 0 Å². The van der Waals surface area contributed by atoms with Crippen molar-refractivity contribution >= 4 is 24.7 Å². The summed E-state index contributed by atoms with van der Waals surface area (Å²) in [6.07, 6.45) is -1.15. The predicted molar refractivity (Wildman–Crippen MR) is 76.5 cm³/mol. The van der Waals surface area contributed by atoms with Gasteiger partial charge in [-0.3, -0.25) is 4.79 Å². The summed E-state index contributed by atoms with van der Waals surface area (Å²) in [5.74, 6) is -0.0257. The van der Waals surface area contributed by atoms with E-state index in [4.69, 9.17) is 14.2 Å². The van der Waals surface area contributed by atoms with Gasteiger partial charge in [-0.05, 0) is 34.6 Å². The average molecular weight is 305 g/mol. The summed E-state index contributed by atoms with van der Waals surface area (Å²) in [6, 6.07) is 0. The Hall–Kier alpha value is -0.950. The third kappa shape index (κ3) is 4.56.